The number of carbonyl (C=O) groups is 1. The molecule has 0 spiro atoms. The maximum atomic E-state index is 12.2. The molecule has 3 rings (SSSR count). The summed E-state index contributed by atoms with van der Waals surface area (Å²) in [7, 11) is 0. The van der Waals surface area contributed by atoms with Gasteiger partial charge in [0.2, 0.25) is 5.43 Å². The van der Waals surface area contributed by atoms with Gasteiger partial charge in [-0.3, -0.25) is 9.59 Å². The molecule has 0 saturated carbocycles. The van der Waals surface area contributed by atoms with E-state index >= 15 is 0 Å². The molecule has 0 bridgehead atoms. The minimum atomic E-state index is -0.400. The quantitative estimate of drug-likeness (QED) is 0.593. The van der Waals surface area contributed by atoms with Crippen LogP contribution in [0.5, 0.6) is 0 Å². The summed E-state index contributed by atoms with van der Waals surface area (Å²) < 4.78 is 5.36. The highest BCUT2D eigenvalue weighted by molar-refractivity contribution is 6.30. The third-order valence-electron chi connectivity index (χ3n) is 3.18. The number of carbonyl (C=O) groups excluding carboxylic acids is 1. The van der Waals surface area contributed by atoms with Crippen molar-refractivity contribution in [3.63, 3.8) is 0 Å². The average molecular weight is 327 g/mol. The number of fused-ring (bicyclic) bond motifs is 1. The summed E-state index contributed by atoms with van der Waals surface area (Å²) in [5.74, 6) is -0.400. The smallest absolute Gasteiger partial charge is 0.271 e. The van der Waals surface area contributed by atoms with E-state index in [4.69, 9.17) is 16.0 Å². The Morgan fingerprint density at radius 3 is 2.65 bits per heavy atom. The molecule has 0 atom stereocenters. The van der Waals surface area contributed by atoms with Gasteiger partial charge in [0, 0.05) is 10.6 Å². The van der Waals surface area contributed by atoms with Gasteiger partial charge in [0.15, 0.2) is 0 Å². The van der Waals surface area contributed by atoms with Gasteiger partial charge in [0.05, 0.1) is 17.2 Å². The molecule has 6 heteroatoms. The third-order valence-corrected chi connectivity index (χ3v) is 3.43. The van der Waals surface area contributed by atoms with Crippen LogP contribution in [0.2, 0.25) is 5.02 Å². The highest BCUT2D eigenvalue weighted by Gasteiger charge is 2.06. The maximum absolute atomic E-state index is 12.2. The Morgan fingerprint density at radius 1 is 1.13 bits per heavy atom. The first-order valence-corrected chi connectivity index (χ1v) is 7.12. The van der Waals surface area contributed by atoms with E-state index < -0.39 is 5.91 Å². The van der Waals surface area contributed by atoms with Gasteiger partial charge in [-0.2, -0.15) is 5.10 Å². The number of hydrazone groups is 1. The number of hydrogen-bond acceptors (Lipinski definition) is 4. The number of para-hydroxylation sites is 1. The molecule has 1 N–H and O–H groups in total. The van der Waals surface area contributed by atoms with E-state index in [0.29, 0.717) is 21.6 Å². The predicted octanol–water partition coefficient (Wildman–Crippen LogP) is 3.21. The zero-order valence-corrected chi connectivity index (χ0v) is 12.6. The molecular weight excluding hydrogens is 316 g/mol. The molecule has 114 valence electrons. The van der Waals surface area contributed by atoms with E-state index in [0.717, 1.165) is 0 Å². The molecule has 1 heterocycles. The summed E-state index contributed by atoms with van der Waals surface area (Å²) in [5.41, 5.74) is 3.30. The van der Waals surface area contributed by atoms with Crippen LogP contribution in [0.4, 0.5) is 0 Å². The fourth-order valence-corrected chi connectivity index (χ4v) is 2.13. The fourth-order valence-electron chi connectivity index (χ4n) is 2.01. The SMILES string of the molecule is O=C(N/N=C\c1coc2ccccc2c1=O)c1ccc(Cl)cc1. The first kappa shape index (κ1) is 15.0. The fraction of sp³-hybridized carbons (Fsp3) is 0. The van der Waals surface area contributed by atoms with Crippen LogP contribution in [0.15, 0.2) is 69.1 Å². The van der Waals surface area contributed by atoms with Crippen molar-refractivity contribution in [3.05, 3.63) is 81.2 Å². The lowest BCUT2D eigenvalue weighted by Gasteiger charge is -2.00. The van der Waals surface area contributed by atoms with E-state index in [1.54, 1.807) is 48.5 Å². The van der Waals surface area contributed by atoms with Crippen molar-refractivity contribution in [2.45, 2.75) is 0 Å². The van der Waals surface area contributed by atoms with E-state index in [1.165, 1.54) is 12.5 Å². The van der Waals surface area contributed by atoms with Gasteiger partial charge in [-0.1, -0.05) is 23.7 Å². The number of nitrogens with one attached hydrogen (secondary N) is 1. The predicted molar refractivity (Wildman–Crippen MR) is 89.0 cm³/mol. The molecule has 3 aromatic rings. The molecule has 0 saturated heterocycles. The van der Waals surface area contributed by atoms with Crippen LogP contribution in [-0.2, 0) is 0 Å². The molecular formula is C17H11ClN2O3. The molecule has 1 aromatic heterocycles. The number of rotatable bonds is 3. The van der Waals surface area contributed by atoms with Gasteiger partial charge in [0.25, 0.3) is 5.91 Å². The summed E-state index contributed by atoms with van der Waals surface area (Å²) in [5, 5.41) is 4.79. The highest BCUT2D eigenvalue weighted by Crippen LogP contribution is 2.10. The Bertz CT molecular complexity index is 946. The van der Waals surface area contributed by atoms with Crippen molar-refractivity contribution < 1.29 is 9.21 Å². The molecule has 0 unspecified atom stereocenters. The second-order valence-corrected chi connectivity index (χ2v) is 5.16. The van der Waals surface area contributed by atoms with Crippen molar-refractivity contribution >= 4 is 34.7 Å². The maximum Gasteiger partial charge on any atom is 0.271 e. The van der Waals surface area contributed by atoms with E-state index in [9.17, 15) is 9.59 Å². The van der Waals surface area contributed by atoms with Gasteiger partial charge in [-0.15, -0.1) is 0 Å². The Balaban J connectivity index is 1.78. The van der Waals surface area contributed by atoms with Gasteiger partial charge in [0.1, 0.15) is 11.8 Å². The van der Waals surface area contributed by atoms with Crippen molar-refractivity contribution in [1.29, 1.82) is 0 Å². The largest absolute Gasteiger partial charge is 0.463 e. The topological polar surface area (TPSA) is 71.7 Å². The summed E-state index contributed by atoms with van der Waals surface area (Å²) in [4.78, 5) is 24.1. The molecule has 0 aliphatic carbocycles. The van der Waals surface area contributed by atoms with Crippen molar-refractivity contribution in [2.24, 2.45) is 5.10 Å². The zero-order chi connectivity index (χ0) is 16.2. The molecule has 1 amide bonds. The van der Waals surface area contributed by atoms with Crippen LogP contribution in [-0.4, -0.2) is 12.1 Å². The Morgan fingerprint density at radius 2 is 1.87 bits per heavy atom. The minimum Gasteiger partial charge on any atom is -0.463 e. The van der Waals surface area contributed by atoms with Crippen molar-refractivity contribution in [1.82, 2.24) is 5.43 Å². The summed E-state index contributed by atoms with van der Waals surface area (Å²) >= 11 is 5.76. The van der Waals surface area contributed by atoms with Crippen LogP contribution < -0.4 is 10.9 Å². The van der Waals surface area contributed by atoms with Gasteiger partial charge >= 0.3 is 0 Å². The standard InChI is InChI=1S/C17H11ClN2O3/c18-13-7-5-11(6-8-13)17(22)20-19-9-12-10-23-15-4-2-1-3-14(15)16(12)21/h1-10H,(H,20,22)/b19-9-. The van der Waals surface area contributed by atoms with Crippen LogP contribution in [0.3, 0.4) is 0 Å². The van der Waals surface area contributed by atoms with Gasteiger partial charge < -0.3 is 4.42 Å². The lowest BCUT2D eigenvalue weighted by atomic mass is 10.2. The van der Waals surface area contributed by atoms with E-state index in [1.807, 2.05) is 0 Å². The number of halogens is 1. The molecule has 0 aliphatic heterocycles. The monoisotopic (exact) mass is 326 g/mol. The first-order valence-electron chi connectivity index (χ1n) is 6.74. The first-order chi connectivity index (χ1) is 11.1. The summed E-state index contributed by atoms with van der Waals surface area (Å²) in [6.07, 6.45) is 2.56. The second kappa shape index (κ2) is 6.46. The zero-order valence-electron chi connectivity index (χ0n) is 11.8. The minimum absolute atomic E-state index is 0.212. The summed E-state index contributed by atoms with van der Waals surface area (Å²) in [6, 6.07) is 13.3. The average Bonchev–Trinajstić information content (AvgIpc) is 2.57. The Hall–Kier alpha value is -2.92. The van der Waals surface area contributed by atoms with Gasteiger partial charge in [-0.05, 0) is 36.4 Å². The number of amides is 1. The molecule has 23 heavy (non-hydrogen) atoms. The number of nitrogens with zero attached hydrogens (tertiary/aromatic N) is 1. The Kier molecular flexibility index (Phi) is 4.21. The lowest BCUT2D eigenvalue weighted by Crippen LogP contribution is -2.18. The lowest BCUT2D eigenvalue weighted by molar-refractivity contribution is 0.0955. The molecule has 0 radical (unpaired) electrons. The second-order valence-electron chi connectivity index (χ2n) is 4.72. The van der Waals surface area contributed by atoms with Crippen LogP contribution >= 0.6 is 11.6 Å². The number of hydrogen-bond donors (Lipinski definition) is 1. The van der Waals surface area contributed by atoms with E-state index in [2.05, 4.69) is 10.5 Å². The third kappa shape index (κ3) is 3.30. The van der Waals surface area contributed by atoms with Crippen molar-refractivity contribution in [3.8, 4) is 0 Å². The van der Waals surface area contributed by atoms with E-state index in [-0.39, 0.29) is 11.0 Å². The number of benzene rings is 2. The molecule has 2 aromatic carbocycles. The summed E-state index contributed by atoms with van der Waals surface area (Å²) in [6.45, 7) is 0. The molecule has 5 nitrogen and oxygen atoms in total. The van der Waals surface area contributed by atoms with Crippen LogP contribution in [0.25, 0.3) is 11.0 Å². The Labute approximate surface area is 136 Å². The van der Waals surface area contributed by atoms with Crippen LogP contribution in [0.1, 0.15) is 15.9 Å². The molecule has 0 fully saturated rings. The normalized spacial score (nSPS) is 11.0. The van der Waals surface area contributed by atoms with Crippen LogP contribution in [0, 0.1) is 0 Å². The van der Waals surface area contributed by atoms with Gasteiger partial charge in [-0.25, -0.2) is 5.43 Å². The molecule has 0 aliphatic rings. The van der Waals surface area contributed by atoms with Crippen molar-refractivity contribution in [2.75, 3.05) is 0 Å². The highest BCUT2D eigenvalue weighted by atomic mass is 35.5.